The SMILES string of the molecule is O=C1c2ccsc2C(O)(c2ccc(-c3ccccc3)cc2)c2ccsc21. The minimum Gasteiger partial charge on any atom is -0.375 e. The molecule has 26 heavy (non-hydrogen) atoms. The van der Waals surface area contributed by atoms with Gasteiger partial charge in [-0.25, -0.2) is 0 Å². The average molecular weight is 374 g/mol. The van der Waals surface area contributed by atoms with Gasteiger partial charge in [0.25, 0.3) is 0 Å². The van der Waals surface area contributed by atoms with Crippen LogP contribution in [0.1, 0.15) is 31.2 Å². The van der Waals surface area contributed by atoms with Crippen molar-refractivity contribution in [2.75, 3.05) is 0 Å². The van der Waals surface area contributed by atoms with E-state index in [1.54, 1.807) is 0 Å². The maximum Gasteiger partial charge on any atom is 0.204 e. The first-order valence-corrected chi connectivity index (χ1v) is 10.0. The summed E-state index contributed by atoms with van der Waals surface area (Å²) in [5.41, 5.74) is 3.05. The molecule has 0 fully saturated rings. The smallest absolute Gasteiger partial charge is 0.204 e. The van der Waals surface area contributed by atoms with Gasteiger partial charge in [-0.1, -0.05) is 54.6 Å². The van der Waals surface area contributed by atoms with Crippen LogP contribution in [0.25, 0.3) is 11.1 Å². The first-order chi connectivity index (χ1) is 12.7. The molecule has 0 radical (unpaired) electrons. The van der Waals surface area contributed by atoms with Crippen molar-refractivity contribution in [3.05, 3.63) is 104 Å². The van der Waals surface area contributed by atoms with Crippen LogP contribution in [0.5, 0.6) is 0 Å². The van der Waals surface area contributed by atoms with Gasteiger partial charge in [0, 0.05) is 11.1 Å². The lowest BCUT2D eigenvalue weighted by Gasteiger charge is -2.32. The number of hydrogen-bond acceptors (Lipinski definition) is 4. The van der Waals surface area contributed by atoms with Gasteiger partial charge in [-0.2, -0.15) is 0 Å². The number of thiophene rings is 2. The summed E-state index contributed by atoms with van der Waals surface area (Å²) in [5.74, 6) is 0.0110. The van der Waals surface area contributed by atoms with E-state index in [9.17, 15) is 9.90 Å². The number of hydrogen-bond donors (Lipinski definition) is 1. The first-order valence-electron chi connectivity index (χ1n) is 8.28. The van der Waals surface area contributed by atoms with Crippen molar-refractivity contribution in [1.29, 1.82) is 0 Å². The van der Waals surface area contributed by atoms with Crippen molar-refractivity contribution in [2.45, 2.75) is 5.60 Å². The number of rotatable bonds is 2. The van der Waals surface area contributed by atoms with Crippen molar-refractivity contribution in [1.82, 2.24) is 0 Å². The van der Waals surface area contributed by atoms with Crippen LogP contribution in [-0.2, 0) is 5.60 Å². The van der Waals surface area contributed by atoms with E-state index in [1.807, 2.05) is 65.4 Å². The summed E-state index contributed by atoms with van der Waals surface area (Å²) in [6.07, 6.45) is 0. The molecular formula is C22H14O2S2. The Morgan fingerprint density at radius 1 is 0.769 bits per heavy atom. The summed E-state index contributed by atoms with van der Waals surface area (Å²) in [7, 11) is 0. The van der Waals surface area contributed by atoms with E-state index in [0.717, 1.165) is 16.7 Å². The minimum absolute atomic E-state index is 0.0110. The zero-order chi connectivity index (χ0) is 17.7. The standard InChI is InChI=1S/C22H14O2S2/c23-19-17-10-12-26-21(17)22(24,18-11-13-25-20(18)19)16-8-6-15(7-9-16)14-4-2-1-3-5-14/h1-13,24H. The Labute approximate surface area is 159 Å². The molecule has 1 atom stereocenters. The number of carbonyl (C=O) groups excluding carboxylic acids is 1. The Morgan fingerprint density at radius 2 is 1.46 bits per heavy atom. The van der Waals surface area contributed by atoms with Crippen LogP contribution in [0.2, 0.25) is 0 Å². The highest BCUT2D eigenvalue weighted by Crippen LogP contribution is 2.48. The first kappa shape index (κ1) is 15.7. The number of aliphatic hydroxyl groups is 1. The molecule has 0 saturated heterocycles. The number of fused-ring (bicyclic) bond motifs is 2. The molecule has 2 aromatic heterocycles. The van der Waals surface area contributed by atoms with E-state index >= 15 is 0 Å². The largest absolute Gasteiger partial charge is 0.375 e. The lowest BCUT2D eigenvalue weighted by Crippen LogP contribution is -2.34. The third-order valence-electron chi connectivity index (χ3n) is 4.91. The molecule has 1 unspecified atom stereocenters. The van der Waals surface area contributed by atoms with Crippen molar-refractivity contribution in [3.63, 3.8) is 0 Å². The molecule has 4 aromatic rings. The summed E-state index contributed by atoms with van der Waals surface area (Å²) in [6, 6.07) is 21.8. The highest BCUT2D eigenvalue weighted by molar-refractivity contribution is 7.13. The van der Waals surface area contributed by atoms with E-state index < -0.39 is 5.60 Å². The molecule has 1 N–H and O–H groups in total. The van der Waals surface area contributed by atoms with Crippen molar-refractivity contribution in [3.8, 4) is 11.1 Å². The van der Waals surface area contributed by atoms with Gasteiger partial charge >= 0.3 is 0 Å². The van der Waals surface area contributed by atoms with E-state index in [2.05, 4.69) is 12.1 Å². The van der Waals surface area contributed by atoms with Gasteiger partial charge in [-0.15, -0.1) is 22.7 Å². The summed E-state index contributed by atoms with van der Waals surface area (Å²) in [6.45, 7) is 0. The second kappa shape index (κ2) is 5.74. The van der Waals surface area contributed by atoms with Gasteiger partial charge < -0.3 is 5.11 Å². The normalized spacial score (nSPS) is 18.4. The number of ketones is 1. The van der Waals surface area contributed by atoms with Crippen LogP contribution in [0.4, 0.5) is 0 Å². The number of benzene rings is 2. The summed E-state index contributed by atoms with van der Waals surface area (Å²) >= 11 is 2.82. The zero-order valence-corrected chi connectivity index (χ0v) is 15.3. The van der Waals surface area contributed by atoms with Crippen LogP contribution in [0.3, 0.4) is 0 Å². The Hall–Kier alpha value is -2.53. The quantitative estimate of drug-likeness (QED) is 0.517. The van der Waals surface area contributed by atoms with Crippen molar-refractivity contribution in [2.24, 2.45) is 0 Å². The second-order valence-corrected chi connectivity index (χ2v) is 8.14. The predicted octanol–water partition coefficient (Wildman–Crippen LogP) is 5.31. The predicted molar refractivity (Wildman–Crippen MR) is 106 cm³/mol. The maximum atomic E-state index is 12.7. The Morgan fingerprint density at radius 3 is 2.23 bits per heavy atom. The molecule has 0 spiro atoms. The monoisotopic (exact) mass is 374 g/mol. The lowest BCUT2D eigenvalue weighted by atomic mass is 9.78. The van der Waals surface area contributed by atoms with E-state index in [1.165, 1.54) is 22.7 Å². The molecule has 2 aromatic carbocycles. The molecule has 2 heterocycles. The second-order valence-electron chi connectivity index (χ2n) is 6.31. The molecule has 0 bridgehead atoms. The molecule has 0 amide bonds. The summed E-state index contributed by atoms with van der Waals surface area (Å²) in [4.78, 5) is 14.0. The minimum atomic E-state index is -1.28. The van der Waals surface area contributed by atoms with E-state index in [-0.39, 0.29) is 5.78 Å². The fourth-order valence-corrected chi connectivity index (χ4v) is 5.53. The Bertz CT molecular complexity index is 1060. The van der Waals surface area contributed by atoms with Crippen LogP contribution in [-0.4, -0.2) is 10.9 Å². The zero-order valence-electron chi connectivity index (χ0n) is 13.7. The highest BCUT2D eigenvalue weighted by atomic mass is 32.1. The third kappa shape index (κ3) is 2.10. The van der Waals surface area contributed by atoms with Crippen molar-refractivity contribution < 1.29 is 9.90 Å². The maximum absolute atomic E-state index is 12.7. The third-order valence-corrected chi connectivity index (χ3v) is 6.85. The highest BCUT2D eigenvalue weighted by Gasteiger charge is 2.45. The Balaban J connectivity index is 1.68. The fraction of sp³-hybridized carbons (Fsp3) is 0.0455. The summed E-state index contributed by atoms with van der Waals surface area (Å²) in [5, 5.41) is 15.5. The van der Waals surface area contributed by atoms with E-state index in [4.69, 9.17) is 0 Å². The van der Waals surface area contributed by atoms with Gasteiger partial charge in [0.2, 0.25) is 5.78 Å². The molecule has 0 saturated carbocycles. The van der Waals surface area contributed by atoms with Gasteiger partial charge in [0.1, 0.15) is 0 Å². The van der Waals surface area contributed by atoms with Gasteiger partial charge in [-0.3, -0.25) is 4.79 Å². The molecule has 1 aliphatic carbocycles. The molecule has 126 valence electrons. The molecule has 5 rings (SSSR count). The van der Waals surface area contributed by atoms with Crippen LogP contribution in [0.15, 0.2) is 77.5 Å². The molecule has 0 aliphatic heterocycles. The van der Waals surface area contributed by atoms with E-state index in [0.29, 0.717) is 20.9 Å². The van der Waals surface area contributed by atoms with Gasteiger partial charge in [0.15, 0.2) is 5.60 Å². The number of carbonyl (C=O) groups is 1. The summed E-state index contributed by atoms with van der Waals surface area (Å²) < 4.78 is 0. The average Bonchev–Trinajstić information content (AvgIpc) is 3.37. The van der Waals surface area contributed by atoms with Crippen LogP contribution >= 0.6 is 22.7 Å². The molecule has 1 aliphatic rings. The van der Waals surface area contributed by atoms with Gasteiger partial charge in [0.05, 0.1) is 9.75 Å². The van der Waals surface area contributed by atoms with Crippen LogP contribution in [0, 0.1) is 0 Å². The topological polar surface area (TPSA) is 37.3 Å². The van der Waals surface area contributed by atoms with Crippen LogP contribution < -0.4 is 0 Å². The molecule has 4 heteroatoms. The molecule has 2 nitrogen and oxygen atoms in total. The molecular weight excluding hydrogens is 360 g/mol. The Kier molecular flexibility index (Phi) is 3.47. The fourth-order valence-electron chi connectivity index (χ4n) is 3.60. The lowest BCUT2D eigenvalue weighted by molar-refractivity contribution is 0.0968. The van der Waals surface area contributed by atoms with Gasteiger partial charge in [-0.05, 0) is 39.6 Å². The van der Waals surface area contributed by atoms with Crippen molar-refractivity contribution >= 4 is 28.5 Å².